The molecule has 0 amide bonds. The van der Waals surface area contributed by atoms with E-state index in [4.69, 9.17) is 0 Å². The standard InChI is InChI=1S/C48H49NS/c1-46(2)22-23-47(3,4)45-41(46)16-11-17-42(45)49(37-14-9-6-10-15-37)38-19-21-40-44(30-38)50-43-29-34(33-12-7-5-8-13-33)18-20-39(43)48(40)35-25-31-24-32(27-35)28-36(48)26-31/h5-21,29-32,35-36H,22-28H2,1-4H3. The van der Waals surface area contributed by atoms with Gasteiger partial charge in [-0.05, 0) is 149 Å². The zero-order chi connectivity index (χ0) is 33.8. The third kappa shape index (κ3) is 4.52. The SMILES string of the molecule is CC1(C)CCC(C)(C)c2c(N(c3ccccc3)c3ccc4c(c3)Sc3cc(-c5ccccc5)ccc3C43C4CC5CC(C4)CC3C5)cccc21. The lowest BCUT2D eigenvalue weighted by molar-refractivity contribution is -0.0443. The van der Waals surface area contributed by atoms with Gasteiger partial charge in [0.2, 0.25) is 0 Å². The van der Waals surface area contributed by atoms with Crippen LogP contribution in [0.4, 0.5) is 17.1 Å². The molecule has 1 nitrogen and oxygen atoms in total. The molecule has 50 heavy (non-hydrogen) atoms. The molecule has 4 saturated carbocycles. The zero-order valence-electron chi connectivity index (χ0n) is 30.1. The molecule has 2 heteroatoms. The van der Waals surface area contributed by atoms with Crippen LogP contribution in [0.3, 0.4) is 0 Å². The Morgan fingerprint density at radius 3 is 1.84 bits per heavy atom. The van der Waals surface area contributed by atoms with Gasteiger partial charge in [-0.1, -0.05) is 118 Å². The van der Waals surface area contributed by atoms with Crippen molar-refractivity contribution in [1.29, 1.82) is 0 Å². The van der Waals surface area contributed by atoms with E-state index in [2.05, 4.69) is 148 Å². The molecular weight excluding hydrogens is 623 g/mol. The Labute approximate surface area is 303 Å². The lowest BCUT2D eigenvalue weighted by atomic mass is 9.42. The summed E-state index contributed by atoms with van der Waals surface area (Å²) in [4.78, 5) is 5.54. The third-order valence-electron chi connectivity index (χ3n) is 13.9. The molecule has 0 saturated heterocycles. The number of fused-ring (bicyclic) bond motifs is 3. The fraction of sp³-hybridized carbons (Fsp3) is 0.375. The second kappa shape index (κ2) is 11.1. The van der Waals surface area contributed by atoms with Crippen LogP contribution in [0.2, 0.25) is 0 Å². The van der Waals surface area contributed by atoms with E-state index in [9.17, 15) is 0 Å². The van der Waals surface area contributed by atoms with Crippen LogP contribution in [0.25, 0.3) is 11.1 Å². The zero-order valence-corrected chi connectivity index (χ0v) is 30.9. The fourth-order valence-corrected chi connectivity index (χ4v) is 13.1. The van der Waals surface area contributed by atoms with Crippen molar-refractivity contribution >= 4 is 28.8 Å². The van der Waals surface area contributed by atoms with Crippen molar-refractivity contribution in [1.82, 2.24) is 0 Å². The van der Waals surface area contributed by atoms with E-state index in [1.807, 2.05) is 11.8 Å². The highest BCUT2D eigenvalue weighted by molar-refractivity contribution is 7.99. The molecule has 4 fully saturated rings. The number of anilines is 3. The van der Waals surface area contributed by atoms with Crippen LogP contribution in [0.1, 0.15) is 94.9 Å². The first-order valence-electron chi connectivity index (χ1n) is 19.2. The molecule has 11 rings (SSSR count). The molecule has 5 aromatic carbocycles. The normalized spacial score (nSPS) is 27.8. The quantitative estimate of drug-likeness (QED) is 0.187. The lowest BCUT2D eigenvalue weighted by Gasteiger charge is -2.63. The van der Waals surface area contributed by atoms with Crippen molar-refractivity contribution in [3.63, 3.8) is 0 Å². The summed E-state index contributed by atoms with van der Waals surface area (Å²) in [6.07, 6.45) is 9.48. The lowest BCUT2D eigenvalue weighted by Crippen LogP contribution is -2.57. The predicted octanol–water partition coefficient (Wildman–Crippen LogP) is 13.4. The van der Waals surface area contributed by atoms with Crippen LogP contribution in [0, 0.1) is 23.7 Å². The van der Waals surface area contributed by atoms with Crippen molar-refractivity contribution in [2.24, 2.45) is 23.7 Å². The second-order valence-corrected chi connectivity index (χ2v) is 18.8. The summed E-state index contributed by atoms with van der Waals surface area (Å²) in [6, 6.07) is 44.4. The Morgan fingerprint density at radius 2 is 1.14 bits per heavy atom. The topological polar surface area (TPSA) is 3.24 Å². The number of hydrogen-bond acceptors (Lipinski definition) is 2. The number of rotatable bonds is 4. The van der Waals surface area contributed by atoms with E-state index in [1.54, 1.807) is 11.1 Å². The minimum atomic E-state index is 0.0919. The van der Waals surface area contributed by atoms with Crippen molar-refractivity contribution in [2.75, 3.05) is 4.90 Å². The largest absolute Gasteiger partial charge is 0.310 e. The van der Waals surface area contributed by atoms with Crippen LogP contribution in [-0.4, -0.2) is 0 Å². The molecule has 0 N–H and O–H groups in total. The number of para-hydroxylation sites is 1. The first-order valence-corrected chi connectivity index (χ1v) is 20.1. The van der Waals surface area contributed by atoms with Gasteiger partial charge < -0.3 is 4.90 Å². The predicted molar refractivity (Wildman–Crippen MR) is 210 cm³/mol. The van der Waals surface area contributed by atoms with Gasteiger partial charge >= 0.3 is 0 Å². The van der Waals surface area contributed by atoms with Crippen molar-refractivity contribution in [2.45, 2.75) is 98.7 Å². The highest BCUT2D eigenvalue weighted by atomic mass is 32.2. The summed E-state index contributed by atoms with van der Waals surface area (Å²) in [5.74, 6) is 3.33. The second-order valence-electron chi connectivity index (χ2n) is 17.7. The van der Waals surface area contributed by atoms with Gasteiger partial charge in [0.15, 0.2) is 0 Å². The van der Waals surface area contributed by atoms with E-state index < -0.39 is 0 Å². The van der Waals surface area contributed by atoms with Gasteiger partial charge in [0.05, 0.1) is 5.69 Å². The van der Waals surface area contributed by atoms with E-state index in [-0.39, 0.29) is 16.2 Å². The summed E-state index contributed by atoms with van der Waals surface area (Å²) < 4.78 is 0. The first-order chi connectivity index (χ1) is 24.2. The van der Waals surface area contributed by atoms with Gasteiger partial charge in [-0.25, -0.2) is 0 Å². The van der Waals surface area contributed by atoms with Gasteiger partial charge in [0.1, 0.15) is 0 Å². The van der Waals surface area contributed by atoms with E-state index >= 15 is 0 Å². The van der Waals surface area contributed by atoms with Gasteiger partial charge in [0, 0.05) is 26.6 Å². The minimum absolute atomic E-state index is 0.0919. The molecule has 5 aliphatic carbocycles. The van der Waals surface area contributed by atoms with Crippen LogP contribution < -0.4 is 4.90 Å². The van der Waals surface area contributed by atoms with Crippen LogP contribution in [-0.2, 0) is 16.2 Å². The molecule has 1 aliphatic heterocycles. The van der Waals surface area contributed by atoms with E-state index in [1.165, 1.54) is 94.1 Å². The Balaban J connectivity index is 1.18. The Kier molecular flexibility index (Phi) is 6.90. The average Bonchev–Trinajstić information content (AvgIpc) is 3.12. The molecule has 0 aromatic heterocycles. The molecule has 0 radical (unpaired) electrons. The van der Waals surface area contributed by atoms with Gasteiger partial charge in [0.25, 0.3) is 0 Å². The maximum atomic E-state index is 2.59. The minimum Gasteiger partial charge on any atom is -0.310 e. The van der Waals surface area contributed by atoms with Gasteiger partial charge in [-0.15, -0.1) is 0 Å². The molecule has 5 aromatic rings. The highest BCUT2D eigenvalue weighted by Gasteiger charge is 2.60. The molecule has 0 unspecified atom stereocenters. The maximum absolute atomic E-state index is 2.59. The molecule has 252 valence electrons. The first kappa shape index (κ1) is 31.0. The van der Waals surface area contributed by atoms with Crippen molar-refractivity contribution in [3.8, 4) is 11.1 Å². The number of benzene rings is 5. The molecule has 4 bridgehead atoms. The molecule has 1 spiro atoms. The molecule has 0 atom stereocenters. The monoisotopic (exact) mass is 671 g/mol. The average molecular weight is 672 g/mol. The maximum Gasteiger partial charge on any atom is 0.0502 e. The third-order valence-corrected chi connectivity index (χ3v) is 15.0. The number of nitrogens with zero attached hydrogens (tertiary/aromatic N) is 1. The highest BCUT2D eigenvalue weighted by Crippen LogP contribution is 2.69. The fourth-order valence-electron chi connectivity index (χ4n) is 11.8. The Morgan fingerprint density at radius 1 is 0.520 bits per heavy atom. The smallest absolute Gasteiger partial charge is 0.0502 e. The van der Waals surface area contributed by atoms with E-state index in [0.29, 0.717) is 0 Å². The van der Waals surface area contributed by atoms with Crippen LogP contribution in [0.15, 0.2) is 125 Å². The molecule has 1 heterocycles. The Hall–Kier alpha value is -3.75. The molecular formula is C48H49NS. The summed E-state index contributed by atoms with van der Waals surface area (Å²) in [5, 5.41) is 0. The van der Waals surface area contributed by atoms with Gasteiger partial charge in [-0.2, -0.15) is 0 Å². The summed E-state index contributed by atoms with van der Waals surface area (Å²) >= 11 is 2.03. The van der Waals surface area contributed by atoms with Crippen LogP contribution >= 0.6 is 11.8 Å². The van der Waals surface area contributed by atoms with Gasteiger partial charge in [-0.3, -0.25) is 0 Å². The van der Waals surface area contributed by atoms with Crippen molar-refractivity contribution in [3.05, 3.63) is 138 Å². The Bertz CT molecular complexity index is 2080. The van der Waals surface area contributed by atoms with E-state index in [0.717, 1.165) is 23.7 Å². The van der Waals surface area contributed by atoms with Crippen molar-refractivity contribution < 1.29 is 0 Å². The molecule has 6 aliphatic rings. The summed E-state index contributed by atoms with van der Waals surface area (Å²) in [7, 11) is 0. The summed E-state index contributed by atoms with van der Waals surface area (Å²) in [6.45, 7) is 9.82. The van der Waals surface area contributed by atoms with Crippen LogP contribution in [0.5, 0.6) is 0 Å². The summed E-state index contributed by atoms with van der Waals surface area (Å²) in [5.41, 5.74) is 13.1. The number of hydrogen-bond donors (Lipinski definition) is 0.